The molecule has 0 atom stereocenters. The molecular weight excluding hydrogens is 290 g/mol. The number of fused-ring (bicyclic) bond motifs is 1. The number of nitrogen functional groups attached to an aromatic ring is 1. The Morgan fingerprint density at radius 1 is 1.24 bits per heavy atom. The fourth-order valence-electron chi connectivity index (χ4n) is 2.02. The van der Waals surface area contributed by atoms with Crippen LogP contribution in [0.25, 0.3) is 5.65 Å². The number of aryl methyl sites for hydroxylation is 1. The molecule has 3 heterocycles. The molecule has 7 nitrogen and oxygen atoms in total. The lowest BCUT2D eigenvalue weighted by atomic mass is 10.3. The van der Waals surface area contributed by atoms with Crippen LogP contribution in [0.4, 0.5) is 11.6 Å². The third-order valence-electron chi connectivity index (χ3n) is 3.07. The molecule has 0 amide bonds. The molecule has 0 spiro atoms. The van der Waals surface area contributed by atoms with Crippen LogP contribution in [0.5, 0.6) is 0 Å². The summed E-state index contributed by atoms with van der Waals surface area (Å²) >= 11 is 6.01. The molecule has 0 bridgehead atoms. The molecule has 3 aromatic rings. The number of rotatable bonds is 5. The lowest BCUT2D eigenvalue weighted by Gasteiger charge is -2.07. The van der Waals surface area contributed by atoms with Gasteiger partial charge >= 0.3 is 0 Å². The largest absolute Gasteiger partial charge is 0.382 e. The number of anilines is 2. The first-order chi connectivity index (χ1) is 10.3. The fraction of sp³-hybridized carbons (Fsp3) is 0.231. The van der Waals surface area contributed by atoms with Gasteiger partial charge in [-0.2, -0.15) is 0 Å². The standard InChI is InChI=1S/C13H14ClN7/c14-11-12(15)17-8-18-13(11)16-6-3-5-10-20-19-9-4-1-2-7-21(9)10/h1-2,4,7-8H,3,5-6H2,(H3,15,16,17,18). The van der Waals surface area contributed by atoms with Crippen molar-refractivity contribution in [2.45, 2.75) is 12.8 Å². The van der Waals surface area contributed by atoms with Gasteiger partial charge in [-0.25, -0.2) is 9.97 Å². The number of nitrogens with one attached hydrogen (secondary N) is 1. The smallest absolute Gasteiger partial charge is 0.160 e. The van der Waals surface area contributed by atoms with Crippen LogP contribution >= 0.6 is 11.6 Å². The lowest BCUT2D eigenvalue weighted by Crippen LogP contribution is -2.07. The van der Waals surface area contributed by atoms with Gasteiger partial charge in [0.25, 0.3) is 0 Å². The maximum atomic E-state index is 6.01. The van der Waals surface area contributed by atoms with E-state index < -0.39 is 0 Å². The Morgan fingerprint density at radius 3 is 3.05 bits per heavy atom. The van der Waals surface area contributed by atoms with Crippen molar-refractivity contribution in [3.63, 3.8) is 0 Å². The molecule has 108 valence electrons. The van der Waals surface area contributed by atoms with Crippen molar-refractivity contribution < 1.29 is 0 Å². The summed E-state index contributed by atoms with van der Waals surface area (Å²) in [6.07, 6.45) is 5.02. The molecule has 0 aliphatic rings. The van der Waals surface area contributed by atoms with Gasteiger partial charge in [0.15, 0.2) is 5.65 Å². The Morgan fingerprint density at radius 2 is 2.14 bits per heavy atom. The summed E-state index contributed by atoms with van der Waals surface area (Å²) in [7, 11) is 0. The Labute approximate surface area is 126 Å². The average Bonchev–Trinajstić information content (AvgIpc) is 2.91. The average molecular weight is 304 g/mol. The fourth-order valence-corrected chi connectivity index (χ4v) is 2.19. The van der Waals surface area contributed by atoms with E-state index in [1.165, 1.54) is 6.33 Å². The summed E-state index contributed by atoms with van der Waals surface area (Å²) in [4.78, 5) is 7.87. The third kappa shape index (κ3) is 2.87. The highest BCUT2D eigenvalue weighted by Gasteiger charge is 2.07. The van der Waals surface area contributed by atoms with Crippen molar-refractivity contribution in [3.8, 4) is 0 Å². The number of hydrogen-bond acceptors (Lipinski definition) is 6. The normalized spacial score (nSPS) is 10.9. The van der Waals surface area contributed by atoms with Crippen LogP contribution in [0.3, 0.4) is 0 Å². The van der Waals surface area contributed by atoms with E-state index in [0.717, 1.165) is 24.3 Å². The molecule has 21 heavy (non-hydrogen) atoms. The van der Waals surface area contributed by atoms with Gasteiger partial charge in [-0.1, -0.05) is 17.7 Å². The number of pyridine rings is 1. The first-order valence-corrected chi connectivity index (χ1v) is 6.92. The third-order valence-corrected chi connectivity index (χ3v) is 3.44. The number of nitrogens with two attached hydrogens (primary N) is 1. The highest BCUT2D eigenvalue weighted by atomic mass is 35.5. The van der Waals surface area contributed by atoms with Crippen LogP contribution in [0.15, 0.2) is 30.7 Å². The van der Waals surface area contributed by atoms with Crippen LogP contribution in [-0.2, 0) is 6.42 Å². The summed E-state index contributed by atoms with van der Waals surface area (Å²) in [6, 6.07) is 5.83. The molecule has 0 fully saturated rings. The predicted molar refractivity (Wildman–Crippen MR) is 81.3 cm³/mol. The van der Waals surface area contributed by atoms with Crippen LogP contribution in [-0.4, -0.2) is 31.1 Å². The summed E-state index contributed by atoms with van der Waals surface area (Å²) < 4.78 is 1.98. The second kappa shape index (κ2) is 5.92. The van der Waals surface area contributed by atoms with Gasteiger partial charge in [-0.05, 0) is 18.6 Å². The van der Waals surface area contributed by atoms with E-state index in [9.17, 15) is 0 Å². The van der Waals surface area contributed by atoms with Crippen LogP contribution < -0.4 is 11.1 Å². The summed E-state index contributed by atoms with van der Waals surface area (Å²) in [5, 5.41) is 11.8. The lowest BCUT2D eigenvalue weighted by molar-refractivity contribution is 0.786. The van der Waals surface area contributed by atoms with Crippen LogP contribution in [0, 0.1) is 0 Å². The SMILES string of the molecule is Nc1ncnc(NCCCc2nnc3ccccn23)c1Cl. The minimum atomic E-state index is 0.276. The minimum Gasteiger partial charge on any atom is -0.382 e. The molecule has 0 unspecified atom stereocenters. The van der Waals surface area contributed by atoms with Crippen molar-refractivity contribution >= 4 is 28.9 Å². The Kier molecular flexibility index (Phi) is 3.83. The van der Waals surface area contributed by atoms with E-state index in [-0.39, 0.29) is 5.82 Å². The first-order valence-electron chi connectivity index (χ1n) is 6.54. The predicted octanol–water partition coefficient (Wildman–Crippen LogP) is 1.80. The number of aromatic nitrogens is 5. The summed E-state index contributed by atoms with van der Waals surface area (Å²) in [5.74, 6) is 1.76. The van der Waals surface area contributed by atoms with Crippen molar-refractivity contribution in [1.82, 2.24) is 24.6 Å². The zero-order valence-electron chi connectivity index (χ0n) is 11.2. The molecule has 0 aromatic carbocycles. The molecule has 8 heteroatoms. The minimum absolute atomic E-state index is 0.276. The molecule has 0 aliphatic heterocycles. The van der Waals surface area contributed by atoms with Crippen molar-refractivity contribution in [2.24, 2.45) is 0 Å². The number of halogens is 1. The van der Waals surface area contributed by atoms with Crippen molar-refractivity contribution in [3.05, 3.63) is 41.6 Å². The van der Waals surface area contributed by atoms with E-state index >= 15 is 0 Å². The van der Waals surface area contributed by atoms with E-state index in [4.69, 9.17) is 17.3 Å². The number of nitrogens with zero attached hydrogens (tertiary/aromatic N) is 5. The maximum absolute atomic E-state index is 6.01. The second-order valence-electron chi connectivity index (χ2n) is 4.50. The highest BCUT2D eigenvalue weighted by Crippen LogP contribution is 2.22. The van der Waals surface area contributed by atoms with E-state index in [1.807, 2.05) is 28.8 Å². The van der Waals surface area contributed by atoms with Gasteiger partial charge < -0.3 is 11.1 Å². The van der Waals surface area contributed by atoms with Gasteiger partial charge in [0, 0.05) is 19.2 Å². The van der Waals surface area contributed by atoms with Crippen molar-refractivity contribution in [2.75, 3.05) is 17.6 Å². The van der Waals surface area contributed by atoms with Gasteiger partial charge in [0.1, 0.15) is 28.8 Å². The van der Waals surface area contributed by atoms with E-state index in [2.05, 4.69) is 25.5 Å². The van der Waals surface area contributed by atoms with Gasteiger partial charge in [-0.15, -0.1) is 10.2 Å². The summed E-state index contributed by atoms with van der Waals surface area (Å²) in [6.45, 7) is 0.706. The Balaban J connectivity index is 1.58. The molecule has 3 N–H and O–H groups in total. The maximum Gasteiger partial charge on any atom is 0.160 e. The monoisotopic (exact) mass is 303 g/mol. The molecule has 0 aliphatic carbocycles. The number of hydrogen-bond donors (Lipinski definition) is 2. The summed E-state index contributed by atoms with van der Waals surface area (Å²) in [5.41, 5.74) is 6.47. The molecular formula is C13H14ClN7. The molecule has 3 rings (SSSR count). The Bertz CT molecular complexity index is 755. The molecule has 3 aromatic heterocycles. The molecule has 0 radical (unpaired) electrons. The van der Waals surface area contributed by atoms with Crippen LogP contribution in [0.2, 0.25) is 5.02 Å². The van der Waals surface area contributed by atoms with E-state index in [0.29, 0.717) is 17.4 Å². The first kappa shape index (κ1) is 13.6. The quantitative estimate of drug-likeness (QED) is 0.698. The van der Waals surface area contributed by atoms with Gasteiger partial charge in [-0.3, -0.25) is 4.40 Å². The molecule has 0 saturated heterocycles. The molecule has 0 saturated carbocycles. The van der Waals surface area contributed by atoms with Crippen LogP contribution in [0.1, 0.15) is 12.2 Å². The van der Waals surface area contributed by atoms with Gasteiger partial charge in [0.2, 0.25) is 0 Å². The Hall–Kier alpha value is -2.41. The van der Waals surface area contributed by atoms with Crippen molar-refractivity contribution in [1.29, 1.82) is 0 Å². The zero-order valence-corrected chi connectivity index (χ0v) is 12.0. The second-order valence-corrected chi connectivity index (χ2v) is 4.87. The topological polar surface area (TPSA) is 94.0 Å². The zero-order chi connectivity index (χ0) is 14.7. The highest BCUT2D eigenvalue weighted by molar-refractivity contribution is 6.35. The van der Waals surface area contributed by atoms with Gasteiger partial charge in [0.05, 0.1) is 0 Å². The van der Waals surface area contributed by atoms with E-state index in [1.54, 1.807) is 0 Å².